The second-order valence-corrected chi connectivity index (χ2v) is 4.85. The Kier molecular flexibility index (Phi) is 4.53. The van der Waals surface area contributed by atoms with E-state index in [2.05, 4.69) is 5.32 Å². The van der Waals surface area contributed by atoms with E-state index in [0.717, 1.165) is 22.4 Å². The van der Waals surface area contributed by atoms with Crippen molar-refractivity contribution in [1.82, 2.24) is 0 Å². The van der Waals surface area contributed by atoms with Gasteiger partial charge in [-0.3, -0.25) is 4.79 Å². The molecule has 0 saturated carbocycles. The van der Waals surface area contributed by atoms with Crippen LogP contribution >= 0.6 is 0 Å². The first-order valence-corrected chi connectivity index (χ1v) is 6.65. The predicted molar refractivity (Wildman–Crippen MR) is 84.6 cm³/mol. The number of nitrogens with one attached hydrogen (secondary N) is 1. The first-order chi connectivity index (χ1) is 10.1. The van der Waals surface area contributed by atoms with Crippen molar-refractivity contribution in [2.45, 2.75) is 13.8 Å². The summed E-state index contributed by atoms with van der Waals surface area (Å²) in [5.41, 5.74) is 3.66. The van der Waals surface area contributed by atoms with Gasteiger partial charge in [0.1, 0.15) is 11.6 Å². The van der Waals surface area contributed by atoms with Gasteiger partial charge in [0, 0.05) is 5.69 Å². The fourth-order valence-corrected chi connectivity index (χ4v) is 1.92. The Morgan fingerprint density at radius 2 is 1.86 bits per heavy atom. The van der Waals surface area contributed by atoms with Crippen LogP contribution in [0.5, 0.6) is 0 Å². The van der Waals surface area contributed by atoms with Gasteiger partial charge in [0.05, 0.1) is 0 Å². The number of benzene rings is 2. The summed E-state index contributed by atoms with van der Waals surface area (Å²) < 4.78 is 0. The molecule has 2 aromatic carbocycles. The van der Waals surface area contributed by atoms with Crippen LogP contribution in [0.25, 0.3) is 6.08 Å². The summed E-state index contributed by atoms with van der Waals surface area (Å²) in [7, 11) is 0. The molecule has 0 aliphatic carbocycles. The minimum atomic E-state index is -0.393. The van der Waals surface area contributed by atoms with Crippen molar-refractivity contribution in [3.05, 3.63) is 70.8 Å². The summed E-state index contributed by atoms with van der Waals surface area (Å²) in [6, 6.07) is 17.1. The molecule has 0 unspecified atom stereocenters. The fraction of sp³-hybridized carbons (Fsp3) is 0.111. The molecule has 21 heavy (non-hydrogen) atoms. The van der Waals surface area contributed by atoms with Crippen LogP contribution in [0.4, 0.5) is 5.69 Å². The Morgan fingerprint density at radius 1 is 1.14 bits per heavy atom. The van der Waals surface area contributed by atoms with Crippen molar-refractivity contribution in [2.24, 2.45) is 0 Å². The van der Waals surface area contributed by atoms with Crippen LogP contribution in [0.15, 0.2) is 54.1 Å². The van der Waals surface area contributed by atoms with E-state index in [0.29, 0.717) is 0 Å². The Hall–Kier alpha value is -2.86. The summed E-state index contributed by atoms with van der Waals surface area (Å²) in [5.74, 6) is -0.393. The lowest BCUT2D eigenvalue weighted by atomic mass is 10.1. The first kappa shape index (κ1) is 14.5. The highest BCUT2D eigenvalue weighted by molar-refractivity contribution is 6.09. The largest absolute Gasteiger partial charge is 0.321 e. The number of hydrogen-bond donors (Lipinski definition) is 1. The van der Waals surface area contributed by atoms with E-state index in [1.165, 1.54) is 0 Å². The zero-order valence-electron chi connectivity index (χ0n) is 12.1. The molecule has 0 aromatic heterocycles. The number of hydrogen-bond acceptors (Lipinski definition) is 2. The molecule has 0 atom stereocenters. The number of carbonyl (C=O) groups is 1. The maximum atomic E-state index is 12.2. The van der Waals surface area contributed by atoms with Gasteiger partial charge in [0.2, 0.25) is 0 Å². The van der Waals surface area contributed by atoms with Crippen molar-refractivity contribution < 1.29 is 4.79 Å². The standard InChI is InChI=1S/C18H16N2O/c1-13-8-9-14(2)17(10-13)20-18(21)16(12-19)11-15-6-4-3-5-7-15/h3-11H,1-2H3,(H,20,21)/b16-11+. The summed E-state index contributed by atoms with van der Waals surface area (Å²) in [6.45, 7) is 3.88. The summed E-state index contributed by atoms with van der Waals surface area (Å²) in [4.78, 5) is 12.2. The topological polar surface area (TPSA) is 52.9 Å². The molecule has 3 nitrogen and oxygen atoms in total. The minimum absolute atomic E-state index is 0.0853. The van der Waals surface area contributed by atoms with Crippen LogP contribution in [-0.2, 0) is 4.79 Å². The van der Waals surface area contributed by atoms with E-state index < -0.39 is 5.91 Å². The molecule has 0 radical (unpaired) electrons. The highest BCUT2D eigenvalue weighted by Crippen LogP contribution is 2.17. The SMILES string of the molecule is Cc1ccc(C)c(NC(=O)/C(C#N)=C/c2ccccc2)c1. The molecular weight excluding hydrogens is 260 g/mol. The molecule has 2 aromatic rings. The van der Waals surface area contributed by atoms with Gasteiger partial charge in [-0.25, -0.2) is 0 Å². The molecule has 1 N–H and O–H groups in total. The van der Waals surface area contributed by atoms with Gasteiger partial charge in [0.15, 0.2) is 0 Å². The average molecular weight is 276 g/mol. The highest BCUT2D eigenvalue weighted by Gasteiger charge is 2.10. The van der Waals surface area contributed by atoms with Crippen LogP contribution in [0.3, 0.4) is 0 Å². The van der Waals surface area contributed by atoms with Crippen molar-refractivity contribution in [2.75, 3.05) is 5.32 Å². The number of nitrogens with zero attached hydrogens (tertiary/aromatic N) is 1. The predicted octanol–water partition coefficient (Wildman–Crippen LogP) is 3.85. The Labute approximate surface area is 124 Å². The molecule has 0 heterocycles. The van der Waals surface area contributed by atoms with Gasteiger partial charge < -0.3 is 5.32 Å². The number of aryl methyl sites for hydroxylation is 2. The zero-order valence-corrected chi connectivity index (χ0v) is 12.1. The maximum absolute atomic E-state index is 12.2. The Balaban J connectivity index is 2.24. The van der Waals surface area contributed by atoms with Gasteiger partial charge in [-0.1, -0.05) is 42.5 Å². The molecular formula is C18H16N2O. The van der Waals surface area contributed by atoms with E-state index in [9.17, 15) is 10.1 Å². The molecule has 0 aliphatic heterocycles. The van der Waals surface area contributed by atoms with Crippen molar-refractivity contribution >= 4 is 17.7 Å². The number of rotatable bonds is 3. The molecule has 1 amide bonds. The van der Waals surface area contributed by atoms with Crippen LogP contribution in [0.2, 0.25) is 0 Å². The number of amides is 1. The zero-order chi connectivity index (χ0) is 15.2. The molecule has 0 bridgehead atoms. The van der Waals surface area contributed by atoms with E-state index in [4.69, 9.17) is 0 Å². The third kappa shape index (κ3) is 3.80. The third-order valence-corrected chi connectivity index (χ3v) is 3.12. The second-order valence-electron chi connectivity index (χ2n) is 4.85. The van der Waals surface area contributed by atoms with Crippen molar-refractivity contribution in [3.8, 4) is 6.07 Å². The molecule has 2 rings (SSSR count). The lowest BCUT2D eigenvalue weighted by molar-refractivity contribution is -0.112. The molecule has 0 spiro atoms. The van der Waals surface area contributed by atoms with Gasteiger partial charge in [0.25, 0.3) is 5.91 Å². The average Bonchev–Trinajstić information content (AvgIpc) is 2.49. The van der Waals surface area contributed by atoms with E-state index in [1.54, 1.807) is 6.08 Å². The van der Waals surface area contributed by atoms with Gasteiger partial charge >= 0.3 is 0 Å². The van der Waals surface area contributed by atoms with Crippen LogP contribution in [0, 0.1) is 25.2 Å². The van der Waals surface area contributed by atoms with E-state index >= 15 is 0 Å². The van der Waals surface area contributed by atoms with Crippen LogP contribution in [0.1, 0.15) is 16.7 Å². The molecule has 3 heteroatoms. The van der Waals surface area contributed by atoms with Crippen LogP contribution in [-0.4, -0.2) is 5.91 Å². The second kappa shape index (κ2) is 6.53. The number of nitriles is 1. The monoisotopic (exact) mass is 276 g/mol. The summed E-state index contributed by atoms with van der Waals surface area (Å²) in [6.07, 6.45) is 1.58. The van der Waals surface area contributed by atoms with E-state index in [-0.39, 0.29) is 5.57 Å². The number of anilines is 1. The Morgan fingerprint density at radius 3 is 2.52 bits per heavy atom. The third-order valence-electron chi connectivity index (χ3n) is 3.12. The van der Waals surface area contributed by atoms with Gasteiger partial charge in [-0.15, -0.1) is 0 Å². The van der Waals surface area contributed by atoms with E-state index in [1.807, 2.05) is 68.4 Å². The maximum Gasteiger partial charge on any atom is 0.266 e. The first-order valence-electron chi connectivity index (χ1n) is 6.65. The van der Waals surface area contributed by atoms with Gasteiger partial charge in [-0.05, 0) is 42.7 Å². The minimum Gasteiger partial charge on any atom is -0.321 e. The normalized spacial score (nSPS) is 10.8. The quantitative estimate of drug-likeness (QED) is 0.684. The molecule has 104 valence electrons. The van der Waals surface area contributed by atoms with Crippen molar-refractivity contribution in [3.63, 3.8) is 0 Å². The lowest BCUT2D eigenvalue weighted by Gasteiger charge is -2.08. The summed E-state index contributed by atoms with van der Waals surface area (Å²) >= 11 is 0. The summed E-state index contributed by atoms with van der Waals surface area (Å²) in [5, 5.41) is 12.0. The smallest absolute Gasteiger partial charge is 0.266 e. The molecule has 0 fully saturated rings. The Bertz CT molecular complexity index is 725. The molecule has 0 aliphatic rings. The van der Waals surface area contributed by atoms with Crippen LogP contribution < -0.4 is 5.32 Å². The molecule has 0 saturated heterocycles. The van der Waals surface area contributed by atoms with Gasteiger partial charge in [-0.2, -0.15) is 5.26 Å². The van der Waals surface area contributed by atoms with Crippen molar-refractivity contribution in [1.29, 1.82) is 5.26 Å². The lowest BCUT2D eigenvalue weighted by Crippen LogP contribution is -2.14. The fourth-order valence-electron chi connectivity index (χ4n) is 1.92. The highest BCUT2D eigenvalue weighted by atomic mass is 16.1. The number of carbonyl (C=O) groups excluding carboxylic acids is 1.